The van der Waals surface area contributed by atoms with Crippen molar-refractivity contribution in [3.8, 4) is 17.2 Å². The molecule has 1 aromatic carbocycles. The minimum absolute atomic E-state index is 0.0931. The quantitative estimate of drug-likeness (QED) is 0.392. The zero-order valence-electron chi connectivity index (χ0n) is 17.9. The third-order valence-corrected chi connectivity index (χ3v) is 6.19. The van der Waals surface area contributed by atoms with Gasteiger partial charge in [-0.2, -0.15) is 0 Å². The van der Waals surface area contributed by atoms with Gasteiger partial charge in [0.1, 0.15) is 0 Å². The Bertz CT molecular complexity index is 912. The lowest BCUT2D eigenvalue weighted by atomic mass is 9.85. The van der Waals surface area contributed by atoms with Crippen LogP contribution < -0.4 is 14.2 Å². The summed E-state index contributed by atoms with van der Waals surface area (Å²) < 4.78 is 16.0. The lowest BCUT2D eigenvalue weighted by Gasteiger charge is -2.42. The number of ether oxygens (including phenoxy) is 3. The Kier molecular flexibility index (Phi) is 5.71. The minimum atomic E-state index is -0.234. The van der Waals surface area contributed by atoms with Gasteiger partial charge in [0.25, 0.3) is 0 Å². The Morgan fingerprint density at radius 2 is 1.48 bits per heavy atom. The first-order chi connectivity index (χ1) is 15.0. The molecular weight excluding hydrogens is 400 g/mol. The number of hydrogen-bond donors (Lipinski definition) is 0. The highest BCUT2D eigenvalue weighted by Gasteiger charge is 2.52. The monoisotopic (exact) mass is 426 g/mol. The molecule has 2 atom stereocenters. The van der Waals surface area contributed by atoms with Gasteiger partial charge in [0.15, 0.2) is 11.5 Å². The maximum absolute atomic E-state index is 12.7. The number of amides is 3. The summed E-state index contributed by atoms with van der Waals surface area (Å²) in [6, 6.07) is 3.27. The number of carbonyl (C=O) groups is 3. The van der Waals surface area contributed by atoms with E-state index in [4.69, 9.17) is 14.2 Å². The second-order valence-corrected chi connectivity index (χ2v) is 7.89. The molecular formula is C23H26N2O6. The second-order valence-electron chi connectivity index (χ2n) is 7.89. The van der Waals surface area contributed by atoms with Crippen molar-refractivity contribution in [2.24, 2.45) is 11.8 Å². The van der Waals surface area contributed by atoms with E-state index in [0.717, 1.165) is 5.56 Å². The van der Waals surface area contributed by atoms with Crippen LogP contribution in [0, 0.1) is 11.8 Å². The van der Waals surface area contributed by atoms with Crippen LogP contribution in [0.5, 0.6) is 17.2 Å². The largest absolute Gasteiger partial charge is 0.493 e. The molecule has 1 aliphatic carbocycles. The predicted octanol–water partition coefficient (Wildman–Crippen LogP) is 1.89. The fraction of sp³-hybridized carbons (Fsp3) is 0.435. The molecule has 2 heterocycles. The fourth-order valence-corrected chi connectivity index (χ4v) is 4.45. The van der Waals surface area contributed by atoms with Gasteiger partial charge >= 0.3 is 0 Å². The number of allylic oxidation sites excluding steroid dienone is 2. The highest BCUT2D eigenvalue weighted by Crippen LogP contribution is 2.39. The first kappa shape index (κ1) is 21.0. The third kappa shape index (κ3) is 3.66. The number of nitrogens with zero attached hydrogens (tertiary/aromatic N) is 2. The van der Waals surface area contributed by atoms with E-state index in [1.807, 2.05) is 12.2 Å². The van der Waals surface area contributed by atoms with Gasteiger partial charge in [0, 0.05) is 19.2 Å². The maximum atomic E-state index is 12.7. The molecule has 3 amide bonds. The van der Waals surface area contributed by atoms with Crippen molar-refractivity contribution in [1.29, 1.82) is 0 Å². The van der Waals surface area contributed by atoms with Crippen molar-refractivity contribution in [3.05, 3.63) is 35.9 Å². The molecule has 0 radical (unpaired) electrons. The Balaban J connectivity index is 1.39. The van der Waals surface area contributed by atoms with E-state index in [9.17, 15) is 14.4 Å². The third-order valence-electron chi connectivity index (χ3n) is 6.19. The van der Waals surface area contributed by atoms with E-state index in [0.29, 0.717) is 43.2 Å². The molecule has 0 bridgehead atoms. The van der Waals surface area contributed by atoms with E-state index in [2.05, 4.69) is 0 Å². The SMILES string of the molecule is COc1cc(/C=C/C(=O)N2CC(N3C(=O)C4CC=CCC4C3=O)C2)cc(OC)c1OC. The van der Waals surface area contributed by atoms with Crippen molar-refractivity contribution < 1.29 is 28.6 Å². The first-order valence-corrected chi connectivity index (χ1v) is 10.3. The molecule has 8 heteroatoms. The van der Waals surface area contributed by atoms with E-state index in [1.165, 1.54) is 32.3 Å². The lowest BCUT2D eigenvalue weighted by Crippen LogP contribution is -2.62. The number of imide groups is 1. The topological polar surface area (TPSA) is 85.4 Å². The van der Waals surface area contributed by atoms with Crippen LogP contribution in [0.1, 0.15) is 18.4 Å². The summed E-state index contributed by atoms with van der Waals surface area (Å²) in [6.07, 6.45) is 8.33. The molecule has 0 N–H and O–H groups in total. The number of carbonyl (C=O) groups excluding carboxylic acids is 3. The molecule has 0 aromatic heterocycles. The molecule has 4 rings (SSSR count). The van der Waals surface area contributed by atoms with Gasteiger partial charge in [-0.3, -0.25) is 19.3 Å². The standard InChI is InChI=1S/C23H26N2O6/c1-29-18-10-14(11-19(30-2)21(18)31-3)8-9-20(26)24-12-15(13-24)25-22(27)16-6-4-5-7-17(16)23(25)28/h4-5,8-11,15-17H,6-7,12-13H2,1-3H3/b9-8+. The van der Waals surface area contributed by atoms with Crippen LogP contribution in [-0.4, -0.2) is 68.0 Å². The second kappa shape index (κ2) is 8.45. The van der Waals surface area contributed by atoms with Crippen molar-refractivity contribution in [3.63, 3.8) is 0 Å². The molecule has 8 nitrogen and oxygen atoms in total. The minimum Gasteiger partial charge on any atom is -0.493 e. The molecule has 2 fully saturated rings. The maximum Gasteiger partial charge on any atom is 0.246 e. The zero-order valence-corrected chi connectivity index (χ0v) is 17.9. The summed E-state index contributed by atoms with van der Waals surface area (Å²) in [5.74, 6) is 0.649. The van der Waals surface area contributed by atoms with Crippen LogP contribution >= 0.6 is 0 Å². The average molecular weight is 426 g/mol. The van der Waals surface area contributed by atoms with Crippen LogP contribution in [0.25, 0.3) is 6.08 Å². The van der Waals surface area contributed by atoms with Crippen LogP contribution in [0.3, 0.4) is 0 Å². The summed E-state index contributed by atoms with van der Waals surface area (Å²) in [6.45, 7) is 0.728. The molecule has 0 saturated carbocycles. The number of methoxy groups -OCH3 is 3. The zero-order chi connectivity index (χ0) is 22.1. The van der Waals surface area contributed by atoms with E-state index >= 15 is 0 Å². The fourth-order valence-electron chi connectivity index (χ4n) is 4.45. The number of fused-ring (bicyclic) bond motifs is 1. The van der Waals surface area contributed by atoms with Crippen molar-refractivity contribution in [2.45, 2.75) is 18.9 Å². The Labute approximate surface area is 181 Å². The van der Waals surface area contributed by atoms with Gasteiger partial charge in [0.2, 0.25) is 23.5 Å². The Hall–Kier alpha value is -3.29. The van der Waals surface area contributed by atoms with Crippen molar-refractivity contribution in [2.75, 3.05) is 34.4 Å². The number of benzene rings is 1. The smallest absolute Gasteiger partial charge is 0.246 e. The van der Waals surface area contributed by atoms with Gasteiger partial charge in [-0.15, -0.1) is 0 Å². The predicted molar refractivity (Wildman–Crippen MR) is 113 cm³/mol. The summed E-state index contributed by atoms with van der Waals surface area (Å²) in [7, 11) is 4.59. The van der Waals surface area contributed by atoms with Crippen molar-refractivity contribution >= 4 is 23.8 Å². The van der Waals surface area contributed by atoms with Gasteiger partial charge in [-0.25, -0.2) is 0 Å². The summed E-state index contributed by atoms with van der Waals surface area (Å²) in [5, 5.41) is 0. The molecule has 1 aromatic rings. The lowest BCUT2D eigenvalue weighted by molar-refractivity contribution is -0.151. The average Bonchev–Trinajstić information content (AvgIpc) is 3.01. The van der Waals surface area contributed by atoms with Crippen LogP contribution in [0.15, 0.2) is 30.4 Å². The molecule has 164 valence electrons. The summed E-state index contributed by atoms with van der Waals surface area (Å²) in [4.78, 5) is 40.9. The number of hydrogen-bond acceptors (Lipinski definition) is 6. The van der Waals surface area contributed by atoms with E-state index in [-0.39, 0.29) is 35.6 Å². The van der Waals surface area contributed by atoms with Gasteiger partial charge in [0.05, 0.1) is 39.2 Å². The summed E-state index contributed by atoms with van der Waals surface area (Å²) in [5.41, 5.74) is 0.724. The molecule has 3 aliphatic rings. The highest BCUT2D eigenvalue weighted by molar-refractivity contribution is 6.06. The molecule has 0 spiro atoms. The van der Waals surface area contributed by atoms with Gasteiger partial charge in [-0.1, -0.05) is 12.2 Å². The Morgan fingerprint density at radius 1 is 0.935 bits per heavy atom. The van der Waals surface area contributed by atoms with Crippen LogP contribution in [0.2, 0.25) is 0 Å². The van der Waals surface area contributed by atoms with Gasteiger partial charge in [-0.05, 0) is 36.6 Å². The normalized spacial score (nSPS) is 23.2. The van der Waals surface area contributed by atoms with Crippen LogP contribution in [-0.2, 0) is 14.4 Å². The summed E-state index contributed by atoms with van der Waals surface area (Å²) >= 11 is 0. The van der Waals surface area contributed by atoms with Crippen LogP contribution in [0.4, 0.5) is 0 Å². The molecule has 2 aliphatic heterocycles. The number of likely N-dealkylation sites (tertiary alicyclic amines) is 2. The molecule has 31 heavy (non-hydrogen) atoms. The van der Waals surface area contributed by atoms with E-state index in [1.54, 1.807) is 23.1 Å². The number of rotatable bonds is 6. The van der Waals surface area contributed by atoms with E-state index < -0.39 is 0 Å². The first-order valence-electron chi connectivity index (χ1n) is 10.3. The Morgan fingerprint density at radius 3 is 1.97 bits per heavy atom. The molecule has 2 saturated heterocycles. The van der Waals surface area contributed by atoms with Gasteiger partial charge < -0.3 is 19.1 Å². The molecule has 2 unspecified atom stereocenters. The van der Waals surface area contributed by atoms with Crippen molar-refractivity contribution in [1.82, 2.24) is 9.80 Å². The highest BCUT2D eigenvalue weighted by atomic mass is 16.5.